The Balaban J connectivity index is 1.08. The second-order valence-electron chi connectivity index (χ2n) is 14.4. The Bertz CT molecular complexity index is 2650. The highest BCUT2D eigenvalue weighted by atomic mass is 31.2. The van der Waals surface area contributed by atoms with E-state index in [-0.39, 0.29) is 29.0 Å². The fourth-order valence-electron chi connectivity index (χ4n) is 7.80. The van der Waals surface area contributed by atoms with E-state index in [1.165, 1.54) is 21.7 Å². The van der Waals surface area contributed by atoms with Crippen LogP contribution in [0.25, 0.3) is 44.5 Å². The molecule has 0 aromatic heterocycles. The summed E-state index contributed by atoms with van der Waals surface area (Å²) in [7, 11) is -2.18. The van der Waals surface area contributed by atoms with Crippen LogP contribution in [0.15, 0.2) is 194 Å². The third-order valence-corrected chi connectivity index (χ3v) is 18.3. The van der Waals surface area contributed by atoms with E-state index >= 15 is 0 Å². The van der Waals surface area contributed by atoms with Crippen molar-refractivity contribution in [3.05, 3.63) is 194 Å². The molecule has 294 valence electrons. The van der Waals surface area contributed by atoms with Gasteiger partial charge in [-0.15, -0.1) is 0 Å². The first-order valence-electron chi connectivity index (χ1n) is 19.8. The first-order chi connectivity index (χ1) is 29.6. The number of benzene rings is 8. The molecule has 0 amide bonds. The number of para-hydroxylation sites is 4. The molecule has 2 heterocycles. The molecule has 4 atom stereocenters. The normalized spacial score (nSPS) is 15.4. The van der Waals surface area contributed by atoms with Gasteiger partial charge in [0.1, 0.15) is 23.0 Å². The molecule has 2 N–H and O–H groups in total. The molecule has 0 spiro atoms. The van der Waals surface area contributed by atoms with E-state index < -0.39 is 16.6 Å². The number of phenolic OH excluding ortho intramolecular Hbond substituents is 2. The minimum atomic E-state index is -1.31. The van der Waals surface area contributed by atoms with Crippen molar-refractivity contribution in [1.29, 1.82) is 0 Å². The molecule has 0 saturated heterocycles. The average molecular weight is 857 g/mol. The summed E-state index contributed by atoms with van der Waals surface area (Å²) in [6.45, 7) is 1.32. The molecular weight excluding hydrogens is 816 g/mol. The molecule has 8 aromatic carbocycles. The van der Waals surface area contributed by atoms with Gasteiger partial charge in [0.2, 0.25) is 16.6 Å². The third kappa shape index (κ3) is 7.62. The Labute approximate surface area is 356 Å². The fraction of sp³-hybridized carbons (Fsp3) is 0.0400. The SMILES string of the molecule is Oc1ccccc1-c1ccccc1PN(CCN(Pc1ccccc1-c1ccccc1O)P1Oc2ccccc2-c2ccccc21)P1Oc2ccccc2-c2ccccc21. The van der Waals surface area contributed by atoms with Crippen LogP contribution in [0.3, 0.4) is 0 Å². The largest absolute Gasteiger partial charge is 0.507 e. The van der Waals surface area contributed by atoms with Crippen LogP contribution in [0.4, 0.5) is 0 Å². The van der Waals surface area contributed by atoms with E-state index in [0.29, 0.717) is 13.1 Å². The lowest BCUT2D eigenvalue weighted by molar-refractivity contribution is 0.477. The Hall–Kier alpha value is -5.40. The van der Waals surface area contributed by atoms with Gasteiger partial charge < -0.3 is 19.3 Å². The van der Waals surface area contributed by atoms with E-state index in [4.69, 9.17) is 9.05 Å². The van der Waals surface area contributed by atoms with E-state index in [0.717, 1.165) is 55.5 Å². The zero-order chi connectivity index (χ0) is 40.4. The van der Waals surface area contributed by atoms with Crippen molar-refractivity contribution >= 4 is 55.3 Å². The zero-order valence-electron chi connectivity index (χ0n) is 32.4. The minimum absolute atomic E-state index is 0.216. The number of nitrogens with zero attached hydrogens (tertiary/aromatic N) is 2. The summed E-state index contributed by atoms with van der Waals surface area (Å²) in [6.07, 6.45) is 0. The standard InChI is InChI=1S/C50H40N2O4P4/c53-43-25-9-1-17-35(43)39-21-5-13-29-47(39)57-51(59-49-31-15-7-23-41(49)37-19-3-11-27-45(37)55-59)33-34-52(58-48-30-14-6-22-40(48)36-18-2-10-26-44(36)54)60-50-32-16-8-24-42(50)38-20-4-12-28-46(38)56-60/h1-32,53-54,57-58H,33-34H2. The predicted molar refractivity (Wildman–Crippen MR) is 255 cm³/mol. The first kappa shape index (κ1) is 38.8. The average Bonchev–Trinajstić information content (AvgIpc) is 3.30. The van der Waals surface area contributed by atoms with E-state index in [2.05, 4.69) is 130 Å². The summed E-state index contributed by atoms with van der Waals surface area (Å²) < 4.78 is 19.3. The number of fused-ring (bicyclic) bond motifs is 6. The van der Waals surface area contributed by atoms with E-state index in [1.54, 1.807) is 12.1 Å². The number of hydrogen-bond donors (Lipinski definition) is 2. The summed E-state index contributed by atoms with van der Waals surface area (Å²) in [6, 6.07) is 65.9. The van der Waals surface area contributed by atoms with Gasteiger partial charge in [-0.3, -0.25) is 0 Å². The second kappa shape index (κ2) is 17.3. The highest BCUT2D eigenvalue weighted by molar-refractivity contribution is 7.69. The molecule has 0 saturated carbocycles. The summed E-state index contributed by atoms with van der Waals surface area (Å²) in [5, 5.41) is 26.8. The van der Waals surface area contributed by atoms with Gasteiger partial charge in [0.15, 0.2) is 0 Å². The molecule has 0 radical (unpaired) electrons. The molecule has 8 aromatic rings. The van der Waals surface area contributed by atoms with Crippen LogP contribution in [0, 0.1) is 0 Å². The summed E-state index contributed by atoms with van der Waals surface area (Å²) >= 11 is 0. The van der Waals surface area contributed by atoms with Crippen molar-refractivity contribution in [2.24, 2.45) is 0 Å². The van der Waals surface area contributed by atoms with Gasteiger partial charge in [0, 0.05) is 46.0 Å². The lowest BCUT2D eigenvalue weighted by Crippen LogP contribution is -2.32. The Kier molecular flexibility index (Phi) is 11.2. The maximum Gasteiger partial charge on any atom is 0.201 e. The van der Waals surface area contributed by atoms with E-state index in [9.17, 15) is 10.2 Å². The molecule has 10 rings (SSSR count). The van der Waals surface area contributed by atoms with Crippen molar-refractivity contribution < 1.29 is 19.3 Å². The monoisotopic (exact) mass is 856 g/mol. The van der Waals surface area contributed by atoms with Crippen LogP contribution in [0.1, 0.15) is 0 Å². The predicted octanol–water partition coefficient (Wildman–Crippen LogP) is 11.6. The molecule has 4 unspecified atom stereocenters. The maximum atomic E-state index is 11.1. The summed E-state index contributed by atoms with van der Waals surface area (Å²) in [4.78, 5) is 0. The smallest absolute Gasteiger partial charge is 0.201 e. The molecule has 60 heavy (non-hydrogen) atoms. The molecule has 10 heteroatoms. The molecule has 0 bridgehead atoms. The van der Waals surface area contributed by atoms with Gasteiger partial charge in [-0.25, -0.2) is 8.88 Å². The van der Waals surface area contributed by atoms with Crippen LogP contribution in [0.2, 0.25) is 0 Å². The number of rotatable bonds is 11. The Morgan fingerprint density at radius 3 is 1.08 bits per heavy atom. The van der Waals surface area contributed by atoms with Crippen LogP contribution in [-0.4, -0.2) is 32.2 Å². The fourth-order valence-corrected chi connectivity index (χ4v) is 15.4. The van der Waals surface area contributed by atoms with Gasteiger partial charge in [-0.1, -0.05) is 158 Å². The Morgan fingerprint density at radius 1 is 0.350 bits per heavy atom. The minimum Gasteiger partial charge on any atom is -0.507 e. The van der Waals surface area contributed by atoms with Crippen LogP contribution in [-0.2, 0) is 0 Å². The number of aromatic hydroxyl groups is 2. The van der Waals surface area contributed by atoms with Crippen LogP contribution >= 0.6 is 34.1 Å². The van der Waals surface area contributed by atoms with E-state index in [1.807, 2.05) is 60.7 Å². The van der Waals surface area contributed by atoms with Gasteiger partial charge in [-0.05, 0) is 86.7 Å². The topological polar surface area (TPSA) is 65.4 Å². The third-order valence-electron chi connectivity index (χ3n) is 10.6. The van der Waals surface area contributed by atoms with Crippen molar-refractivity contribution in [1.82, 2.24) is 8.88 Å². The second-order valence-corrected chi connectivity index (χ2v) is 21.1. The highest BCUT2D eigenvalue weighted by Gasteiger charge is 2.36. The van der Waals surface area contributed by atoms with Gasteiger partial charge in [0.05, 0.1) is 0 Å². The van der Waals surface area contributed by atoms with Crippen molar-refractivity contribution in [3.63, 3.8) is 0 Å². The van der Waals surface area contributed by atoms with Gasteiger partial charge in [0.25, 0.3) is 0 Å². The number of phenols is 2. The van der Waals surface area contributed by atoms with Crippen LogP contribution in [0.5, 0.6) is 23.0 Å². The quantitative estimate of drug-likeness (QED) is 0.126. The first-order valence-corrected chi connectivity index (χ1v) is 24.1. The molecule has 2 aliphatic rings. The summed E-state index contributed by atoms with van der Waals surface area (Å²) in [5.41, 5.74) is 8.20. The molecule has 2 aliphatic heterocycles. The molecule has 0 fully saturated rings. The van der Waals surface area contributed by atoms with Crippen molar-refractivity contribution in [2.45, 2.75) is 0 Å². The van der Waals surface area contributed by atoms with Gasteiger partial charge >= 0.3 is 0 Å². The van der Waals surface area contributed by atoms with Crippen molar-refractivity contribution in [3.8, 4) is 67.5 Å². The lowest BCUT2D eigenvalue weighted by Gasteiger charge is -2.39. The highest BCUT2D eigenvalue weighted by Crippen LogP contribution is 2.58. The number of hydrogen-bond acceptors (Lipinski definition) is 6. The van der Waals surface area contributed by atoms with Gasteiger partial charge in [-0.2, -0.15) is 0 Å². The summed E-state index contributed by atoms with van der Waals surface area (Å²) in [5.74, 6) is 2.28. The molecular formula is C50H40N2O4P4. The zero-order valence-corrected chi connectivity index (χ0v) is 36.2. The maximum absolute atomic E-state index is 11.1. The Morgan fingerprint density at radius 2 is 0.667 bits per heavy atom. The molecule has 6 nitrogen and oxygen atoms in total. The molecule has 0 aliphatic carbocycles. The van der Waals surface area contributed by atoms with Crippen LogP contribution < -0.4 is 30.3 Å². The van der Waals surface area contributed by atoms with Crippen molar-refractivity contribution in [2.75, 3.05) is 13.1 Å². The lowest BCUT2D eigenvalue weighted by atomic mass is 10.0.